The van der Waals surface area contributed by atoms with Gasteiger partial charge >= 0.3 is 0 Å². The van der Waals surface area contributed by atoms with Crippen LogP contribution in [0.4, 0.5) is 11.6 Å². The largest absolute Gasteiger partial charge is 0.497 e. The Bertz CT molecular complexity index is 1180. The lowest BCUT2D eigenvalue weighted by Gasteiger charge is -2.19. The molecule has 0 saturated carbocycles. The molecule has 0 radical (unpaired) electrons. The van der Waals surface area contributed by atoms with Gasteiger partial charge in [0.05, 0.1) is 24.1 Å². The van der Waals surface area contributed by atoms with Crippen molar-refractivity contribution in [2.24, 2.45) is 0 Å². The predicted molar refractivity (Wildman–Crippen MR) is 114 cm³/mol. The van der Waals surface area contributed by atoms with Crippen molar-refractivity contribution in [2.75, 3.05) is 12.0 Å². The van der Waals surface area contributed by atoms with Gasteiger partial charge in [-0.2, -0.15) is 0 Å². The molecule has 2 aromatic heterocycles. The molecule has 2 heterocycles. The van der Waals surface area contributed by atoms with Crippen LogP contribution in [0.25, 0.3) is 22.5 Å². The Morgan fingerprint density at radius 2 is 1.93 bits per heavy atom. The molecule has 7 nitrogen and oxygen atoms in total. The number of rotatable bonds is 5. The van der Waals surface area contributed by atoms with Crippen LogP contribution in [-0.2, 0) is 4.79 Å². The molecule has 8 heteroatoms. The lowest BCUT2D eigenvalue weighted by atomic mass is 10.0. The molecule has 30 heavy (non-hydrogen) atoms. The van der Waals surface area contributed by atoms with Gasteiger partial charge < -0.3 is 9.26 Å². The summed E-state index contributed by atoms with van der Waals surface area (Å²) < 4.78 is 11.0. The molecule has 0 aliphatic carbocycles. The maximum atomic E-state index is 12.7. The summed E-state index contributed by atoms with van der Waals surface area (Å²) in [6.45, 7) is 1.45. The van der Waals surface area contributed by atoms with Gasteiger partial charge in [0.2, 0.25) is 11.8 Å². The third-order valence-electron chi connectivity index (χ3n) is 4.46. The summed E-state index contributed by atoms with van der Waals surface area (Å²) in [5, 5.41) is 4.86. The molecular formula is C22H17ClN4O3. The maximum absolute atomic E-state index is 12.7. The summed E-state index contributed by atoms with van der Waals surface area (Å²) in [4.78, 5) is 22.4. The van der Waals surface area contributed by atoms with Crippen molar-refractivity contribution in [1.82, 2.24) is 15.1 Å². The van der Waals surface area contributed by atoms with E-state index in [4.69, 9.17) is 20.9 Å². The van der Waals surface area contributed by atoms with Crippen molar-refractivity contribution in [1.29, 1.82) is 0 Å². The highest BCUT2D eigenvalue weighted by Gasteiger charge is 2.28. The standard InChI is InChI=1S/C22H17ClN4O3/c1-14(28)27(17-4-3-5-18(12-17)29-2)22-20(19-10-11-24-13-25-19)21(26-30-22)15-6-8-16(23)9-7-15/h3-13H,1-2H3. The number of methoxy groups -OCH3 is 1. The summed E-state index contributed by atoms with van der Waals surface area (Å²) >= 11 is 6.03. The van der Waals surface area contributed by atoms with Gasteiger partial charge in [-0.3, -0.25) is 4.79 Å². The Labute approximate surface area is 177 Å². The Balaban J connectivity index is 1.94. The summed E-state index contributed by atoms with van der Waals surface area (Å²) in [6, 6.07) is 16.1. The van der Waals surface area contributed by atoms with E-state index >= 15 is 0 Å². The number of amides is 1. The quantitative estimate of drug-likeness (QED) is 0.444. The molecule has 4 rings (SSSR count). The zero-order valence-corrected chi connectivity index (χ0v) is 17.0. The highest BCUT2D eigenvalue weighted by molar-refractivity contribution is 6.30. The number of hydrogen-bond acceptors (Lipinski definition) is 6. The predicted octanol–water partition coefficient (Wildman–Crippen LogP) is 5.15. The first-order valence-corrected chi connectivity index (χ1v) is 9.43. The van der Waals surface area contributed by atoms with Crippen molar-refractivity contribution in [3.8, 4) is 28.3 Å². The minimum absolute atomic E-state index is 0.249. The van der Waals surface area contributed by atoms with Crippen LogP contribution >= 0.6 is 11.6 Å². The van der Waals surface area contributed by atoms with Crippen LogP contribution in [0.1, 0.15) is 6.92 Å². The molecule has 0 bridgehead atoms. The van der Waals surface area contributed by atoms with E-state index in [9.17, 15) is 4.79 Å². The van der Waals surface area contributed by atoms with Gasteiger partial charge in [-0.1, -0.05) is 35.0 Å². The number of anilines is 2. The summed E-state index contributed by atoms with van der Waals surface area (Å²) in [5.41, 5.74) is 3.03. The fourth-order valence-corrected chi connectivity index (χ4v) is 3.23. The van der Waals surface area contributed by atoms with Gasteiger partial charge in [-0.05, 0) is 30.3 Å². The Hall–Kier alpha value is -3.71. The van der Waals surface area contributed by atoms with Crippen LogP contribution in [-0.4, -0.2) is 28.1 Å². The molecule has 0 saturated heterocycles. The van der Waals surface area contributed by atoms with E-state index in [1.807, 2.05) is 12.1 Å². The first-order chi connectivity index (χ1) is 14.6. The van der Waals surface area contributed by atoms with Crippen LogP contribution < -0.4 is 9.64 Å². The minimum atomic E-state index is -0.252. The minimum Gasteiger partial charge on any atom is -0.497 e. The lowest BCUT2D eigenvalue weighted by molar-refractivity contribution is -0.116. The van der Waals surface area contributed by atoms with Crippen LogP contribution in [0.2, 0.25) is 5.02 Å². The van der Waals surface area contributed by atoms with Crippen molar-refractivity contribution < 1.29 is 14.1 Å². The Morgan fingerprint density at radius 3 is 2.60 bits per heavy atom. The fourth-order valence-electron chi connectivity index (χ4n) is 3.10. The monoisotopic (exact) mass is 420 g/mol. The number of halogens is 1. The second-order valence-corrected chi connectivity index (χ2v) is 6.81. The molecule has 0 atom stereocenters. The number of hydrogen-bond donors (Lipinski definition) is 0. The number of aromatic nitrogens is 3. The van der Waals surface area contributed by atoms with Crippen molar-refractivity contribution in [2.45, 2.75) is 6.92 Å². The molecule has 150 valence electrons. The van der Waals surface area contributed by atoms with Gasteiger partial charge in [0.15, 0.2) is 0 Å². The Morgan fingerprint density at radius 1 is 1.13 bits per heavy atom. The smallest absolute Gasteiger partial charge is 0.248 e. The lowest BCUT2D eigenvalue weighted by Crippen LogP contribution is -2.23. The topological polar surface area (TPSA) is 81.4 Å². The van der Waals surface area contributed by atoms with E-state index in [2.05, 4.69) is 15.1 Å². The summed E-state index contributed by atoms with van der Waals surface area (Å²) in [7, 11) is 1.57. The normalized spacial score (nSPS) is 10.6. The van der Waals surface area contributed by atoms with Crippen LogP contribution in [0.15, 0.2) is 71.6 Å². The second-order valence-electron chi connectivity index (χ2n) is 6.37. The SMILES string of the molecule is COc1cccc(N(C(C)=O)c2onc(-c3ccc(Cl)cc3)c2-c2ccncn2)c1. The van der Waals surface area contributed by atoms with Gasteiger partial charge in [0, 0.05) is 29.8 Å². The molecule has 0 spiro atoms. The number of carbonyl (C=O) groups excluding carboxylic acids is 1. The van der Waals surface area contributed by atoms with Crippen molar-refractivity contribution >= 4 is 29.1 Å². The van der Waals surface area contributed by atoms with Gasteiger partial charge in [-0.15, -0.1) is 0 Å². The zero-order chi connectivity index (χ0) is 21.1. The van der Waals surface area contributed by atoms with Crippen LogP contribution in [0, 0.1) is 0 Å². The van der Waals surface area contributed by atoms with Crippen LogP contribution in [0.5, 0.6) is 5.75 Å². The molecule has 0 unspecified atom stereocenters. The molecule has 0 aliphatic heterocycles. The number of benzene rings is 2. The van der Waals surface area contributed by atoms with Crippen LogP contribution in [0.3, 0.4) is 0 Å². The van der Waals surface area contributed by atoms with E-state index < -0.39 is 0 Å². The van der Waals surface area contributed by atoms with E-state index in [1.165, 1.54) is 18.2 Å². The van der Waals surface area contributed by atoms with Gasteiger partial charge in [0.1, 0.15) is 17.8 Å². The molecule has 2 aromatic carbocycles. The molecule has 4 aromatic rings. The van der Waals surface area contributed by atoms with E-state index in [-0.39, 0.29) is 11.8 Å². The third-order valence-corrected chi connectivity index (χ3v) is 4.71. The third kappa shape index (κ3) is 3.75. The van der Waals surface area contributed by atoms with Crippen molar-refractivity contribution in [3.63, 3.8) is 0 Å². The maximum Gasteiger partial charge on any atom is 0.248 e. The molecule has 0 N–H and O–H groups in total. The van der Waals surface area contributed by atoms with Gasteiger partial charge in [-0.25, -0.2) is 14.9 Å². The molecule has 0 aliphatic rings. The molecule has 1 amide bonds. The fraction of sp³-hybridized carbons (Fsp3) is 0.0909. The van der Waals surface area contributed by atoms with Crippen molar-refractivity contribution in [3.05, 3.63) is 72.1 Å². The van der Waals surface area contributed by atoms with E-state index in [0.717, 1.165) is 5.56 Å². The average molecular weight is 421 g/mol. The number of ether oxygens (including phenoxy) is 1. The summed E-state index contributed by atoms with van der Waals surface area (Å²) in [6.07, 6.45) is 3.05. The van der Waals surface area contributed by atoms with E-state index in [0.29, 0.717) is 33.4 Å². The average Bonchev–Trinajstić information content (AvgIpc) is 3.19. The first kappa shape index (κ1) is 19.6. The van der Waals surface area contributed by atoms with Gasteiger partial charge in [0.25, 0.3) is 0 Å². The second kappa shape index (κ2) is 8.34. The highest BCUT2D eigenvalue weighted by Crippen LogP contribution is 2.41. The summed E-state index contributed by atoms with van der Waals surface area (Å²) in [5.74, 6) is 0.608. The number of carbonyl (C=O) groups is 1. The molecule has 0 fully saturated rings. The zero-order valence-electron chi connectivity index (χ0n) is 16.2. The first-order valence-electron chi connectivity index (χ1n) is 9.05. The Kier molecular flexibility index (Phi) is 5.45. The molecular weight excluding hydrogens is 404 g/mol. The highest BCUT2D eigenvalue weighted by atomic mass is 35.5. The number of nitrogens with zero attached hydrogens (tertiary/aromatic N) is 4. The van der Waals surface area contributed by atoms with E-state index in [1.54, 1.807) is 55.8 Å².